The molecule has 0 saturated carbocycles. The van der Waals surface area contributed by atoms with Crippen molar-refractivity contribution >= 4 is 34.2 Å². The molecule has 144 valence electrons. The average Bonchev–Trinajstić information content (AvgIpc) is 2.63. The summed E-state index contributed by atoms with van der Waals surface area (Å²) in [6, 6.07) is 9.71. The highest BCUT2D eigenvalue weighted by atomic mass is 127. The van der Waals surface area contributed by atoms with Crippen LogP contribution in [-0.2, 0) is 6.18 Å². The number of rotatable bonds is 3. The molecular formula is C19H12F4IN3O. The van der Waals surface area contributed by atoms with Gasteiger partial charge in [0.1, 0.15) is 11.5 Å². The van der Waals surface area contributed by atoms with Gasteiger partial charge in [-0.05, 0) is 72.0 Å². The lowest BCUT2D eigenvalue weighted by Gasteiger charge is -2.12. The molecule has 0 aliphatic heterocycles. The molecule has 1 N–H and O–H groups in total. The van der Waals surface area contributed by atoms with Gasteiger partial charge < -0.3 is 5.32 Å². The van der Waals surface area contributed by atoms with Gasteiger partial charge >= 0.3 is 6.18 Å². The number of alkyl halides is 3. The number of hydrogen-bond acceptors (Lipinski definition) is 3. The minimum Gasteiger partial charge on any atom is -0.322 e. The van der Waals surface area contributed by atoms with E-state index in [4.69, 9.17) is 0 Å². The van der Waals surface area contributed by atoms with E-state index in [1.165, 1.54) is 19.1 Å². The van der Waals surface area contributed by atoms with Crippen molar-refractivity contribution in [1.29, 1.82) is 0 Å². The van der Waals surface area contributed by atoms with Crippen LogP contribution in [0, 0.1) is 16.3 Å². The van der Waals surface area contributed by atoms with Gasteiger partial charge in [-0.1, -0.05) is 0 Å². The summed E-state index contributed by atoms with van der Waals surface area (Å²) >= 11 is 2.09. The zero-order valence-corrected chi connectivity index (χ0v) is 16.5. The summed E-state index contributed by atoms with van der Waals surface area (Å²) < 4.78 is 52.1. The van der Waals surface area contributed by atoms with E-state index >= 15 is 0 Å². The van der Waals surface area contributed by atoms with Gasteiger partial charge in [-0.2, -0.15) is 13.2 Å². The van der Waals surface area contributed by atoms with Crippen LogP contribution in [0.4, 0.5) is 23.2 Å². The highest BCUT2D eigenvalue weighted by molar-refractivity contribution is 14.1. The Hall–Kier alpha value is -2.56. The molecule has 4 nitrogen and oxygen atoms in total. The lowest BCUT2D eigenvalue weighted by atomic mass is 10.1. The summed E-state index contributed by atoms with van der Waals surface area (Å²) in [6.07, 6.45) is -3.49. The van der Waals surface area contributed by atoms with Crippen molar-refractivity contribution in [2.75, 3.05) is 5.32 Å². The Kier molecular flexibility index (Phi) is 5.64. The number of amides is 1. The summed E-state index contributed by atoms with van der Waals surface area (Å²) in [6.45, 7) is 1.34. The normalized spacial score (nSPS) is 11.4. The second kappa shape index (κ2) is 7.82. The van der Waals surface area contributed by atoms with Gasteiger partial charge in [-0.25, -0.2) is 9.37 Å². The maximum atomic E-state index is 13.1. The number of aryl methyl sites for hydroxylation is 1. The fraction of sp³-hybridized carbons (Fsp3) is 0.105. The molecule has 0 unspecified atom stereocenters. The number of carbonyl (C=O) groups is 1. The Morgan fingerprint density at radius 1 is 1.11 bits per heavy atom. The van der Waals surface area contributed by atoms with Crippen LogP contribution >= 0.6 is 22.6 Å². The molecular weight excluding hydrogens is 489 g/mol. The maximum absolute atomic E-state index is 13.1. The second-order valence-electron chi connectivity index (χ2n) is 5.84. The zero-order chi connectivity index (χ0) is 20.5. The molecule has 0 saturated heterocycles. The van der Waals surface area contributed by atoms with Crippen LogP contribution < -0.4 is 5.32 Å². The van der Waals surface area contributed by atoms with Crippen molar-refractivity contribution in [3.05, 3.63) is 75.0 Å². The van der Waals surface area contributed by atoms with Crippen LogP contribution in [0.15, 0.2) is 48.7 Å². The van der Waals surface area contributed by atoms with Gasteiger partial charge in [-0.15, -0.1) is 0 Å². The van der Waals surface area contributed by atoms with Crippen molar-refractivity contribution in [1.82, 2.24) is 9.97 Å². The third kappa shape index (κ3) is 4.46. The van der Waals surface area contributed by atoms with Crippen LogP contribution in [-0.4, -0.2) is 15.9 Å². The number of nitrogens with zero attached hydrogens (tertiary/aromatic N) is 2. The highest BCUT2D eigenvalue weighted by Crippen LogP contribution is 2.29. The molecule has 2 aromatic heterocycles. The fourth-order valence-corrected chi connectivity index (χ4v) is 3.10. The van der Waals surface area contributed by atoms with Gasteiger partial charge in [0.15, 0.2) is 0 Å². The first-order chi connectivity index (χ1) is 13.1. The number of pyridine rings is 2. The standard InChI is InChI=1S/C19H12F4IN3O/c1-10-13(4-7-17(26-10)19(21,22)23)18(28)27-12-3-5-15(24)14(8-12)16-6-2-11(20)9-25-16/h2-9H,1H3,(H,27,28). The Labute approximate surface area is 171 Å². The molecule has 0 atom stereocenters. The molecule has 0 bridgehead atoms. The van der Waals surface area contributed by atoms with Crippen molar-refractivity contribution in [2.24, 2.45) is 0 Å². The highest BCUT2D eigenvalue weighted by Gasteiger charge is 2.33. The van der Waals surface area contributed by atoms with Gasteiger partial charge in [-0.3, -0.25) is 9.78 Å². The first kappa shape index (κ1) is 20.2. The second-order valence-corrected chi connectivity index (χ2v) is 7.00. The minimum atomic E-state index is -4.58. The molecule has 9 heteroatoms. The molecule has 0 fully saturated rings. The summed E-state index contributed by atoms with van der Waals surface area (Å²) in [5.41, 5.74) is 0.576. The first-order valence-electron chi connectivity index (χ1n) is 7.93. The molecule has 28 heavy (non-hydrogen) atoms. The molecule has 0 spiro atoms. The molecule has 0 aliphatic rings. The Morgan fingerprint density at radius 3 is 2.46 bits per heavy atom. The van der Waals surface area contributed by atoms with E-state index in [2.05, 4.69) is 37.9 Å². The SMILES string of the molecule is Cc1nc(C(F)(F)F)ccc1C(=O)Nc1ccc(I)c(-c2ccc(F)cn2)c1. The molecule has 0 aliphatic carbocycles. The van der Waals surface area contributed by atoms with Crippen molar-refractivity contribution in [2.45, 2.75) is 13.1 Å². The average molecular weight is 501 g/mol. The lowest BCUT2D eigenvalue weighted by molar-refractivity contribution is -0.141. The quantitative estimate of drug-likeness (QED) is 0.383. The fourth-order valence-electron chi connectivity index (χ4n) is 2.49. The topological polar surface area (TPSA) is 54.9 Å². The molecule has 3 rings (SSSR count). The number of benzene rings is 1. The third-order valence-electron chi connectivity index (χ3n) is 3.85. The van der Waals surface area contributed by atoms with E-state index in [1.807, 2.05) is 0 Å². The van der Waals surface area contributed by atoms with Crippen molar-refractivity contribution in [3.8, 4) is 11.3 Å². The maximum Gasteiger partial charge on any atom is 0.433 e. The molecule has 3 aromatic rings. The molecule has 0 radical (unpaired) electrons. The van der Waals surface area contributed by atoms with E-state index in [-0.39, 0.29) is 11.3 Å². The lowest BCUT2D eigenvalue weighted by Crippen LogP contribution is -2.16. The van der Waals surface area contributed by atoms with Crippen molar-refractivity contribution in [3.63, 3.8) is 0 Å². The summed E-state index contributed by atoms with van der Waals surface area (Å²) in [4.78, 5) is 20.0. The number of halogens is 5. The molecule has 1 aromatic carbocycles. The number of carbonyl (C=O) groups excluding carboxylic acids is 1. The smallest absolute Gasteiger partial charge is 0.322 e. The van der Waals surface area contributed by atoms with E-state index < -0.39 is 23.6 Å². The number of hydrogen-bond donors (Lipinski definition) is 1. The summed E-state index contributed by atoms with van der Waals surface area (Å²) in [5, 5.41) is 2.64. The first-order valence-corrected chi connectivity index (χ1v) is 9.00. The van der Waals surface area contributed by atoms with E-state index in [1.54, 1.807) is 18.2 Å². The summed E-state index contributed by atoms with van der Waals surface area (Å²) in [5.74, 6) is -1.05. The van der Waals surface area contributed by atoms with Gasteiger partial charge in [0, 0.05) is 14.8 Å². The molecule has 1 amide bonds. The van der Waals surface area contributed by atoms with E-state index in [9.17, 15) is 22.4 Å². The predicted molar refractivity (Wildman–Crippen MR) is 104 cm³/mol. The van der Waals surface area contributed by atoms with E-state index in [0.717, 1.165) is 21.9 Å². The molecule has 2 heterocycles. The van der Waals surface area contributed by atoms with Gasteiger partial charge in [0.25, 0.3) is 5.91 Å². The largest absolute Gasteiger partial charge is 0.433 e. The van der Waals surface area contributed by atoms with Gasteiger partial charge in [0.05, 0.1) is 23.1 Å². The Bertz CT molecular complexity index is 1040. The van der Waals surface area contributed by atoms with Crippen molar-refractivity contribution < 1.29 is 22.4 Å². The monoisotopic (exact) mass is 501 g/mol. The predicted octanol–water partition coefficient (Wildman–Crippen LogP) is 5.47. The van der Waals surface area contributed by atoms with Crippen LogP contribution in [0.3, 0.4) is 0 Å². The van der Waals surface area contributed by atoms with Crippen LogP contribution in [0.25, 0.3) is 11.3 Å². The zero-order valence-electron chi connectivity index (χ0n) is 14.3. The Morgan fingerprint density at radius 2 is 1.86 bits per heavy atom. The summed E-state index contributed by atoms with van der Waals surface area (Å²) in [7, 11) is 0. The Balaban J connectivity index is 1.87. The third-order valence-corrected chi connectivity index (χ3v) is 4.79. The number of aromatic nitrogens is 2. The number of nitrogens with one attached hydrogen (secondary N) is 1. The van der Waals surface area contributed by atoms with Gasteiger partial charge in [0.2, 0.25) is 0 Å². The van der Waals surface area contributed by atoms with E-state index in [0.29, 0.717) is 16.9 Å². The van der Waals surface area contributed by atoms with Crippen LogP contribution in [0.2, 0.25) is 0 Å². The number of anilines is 1. The minimum absolute atomic E-state index is 0.0294. The van der Waals surface area contributed by atoms with Crippen LogP contribution in [0.1, 0.15) is 21.7 Å². The van der Waals surface area contributed by atoms with Crippen LogP contribution in [0.5, 0.6) is 0 Å².